The smallest absolute Gasteiger partial charge is 0.203 e. The van der Waals surface area contributed by atoms with Crippen LogP contribution in [0.15, 0.2) is 187 Å². The summed E-state index contributed by atoms with van der Waals surface area (Å²) in [6.07, 6.45) is 1.92. The van der Waals surface area contributed by atoms with Gasteiger partial charge in [0.1, 0.15) is 0 Å². The molecule has 0 radical (unpaired) electrons. The Kier molecular flexibility index (Phi) is 6.75. The van der Waals surface area contributed by atoms with Gasteiger partial charge in [0.15, 0.2) is 0 Å². The maximum Gasteiger partial charge on any atom is 0.203 e. The molecule has 9 aromatic rings. The van der Waals surface area contributed by atoms with E-state index >= 15 is 0 Å². The molecule has 4 nitrogen and oxygen atoms in total. The predicted molar refractivity (Wildman–Crippen MR) is 213 cm³/mol. The Morgan fingerprint density at radius 3 is 1.65 bits per heavy atom. The molecule has 0 N–H and O–H groups in total. The van der Waals surface area contributed by atoms with Crippen LogP contribution in [0, 0.1) is 0 Å². The minimum Gasteiger partial charge on any atom is -0.335 e. The first kappa shape index (κ1) is 29.3. The maximum atomic E-state index is 5.54. The molecule has 10 rings (SSSR count). The molecule has 0 aliphatic carbocycles. The average Bonchev–Trinajstić information content (AvgIpc) is 3.70. The Morgan fingerprint density at radius 2 is 0.941 bits per heavy atom. The van der Waals surface area contributed by atoms with Crippen molar-refractivity contribution in [3.8, 4) is 16.8 Å². The standard InChI is InChI=1S/C47H34N4/c1-49-44(35-27-25-33(26-28-35)32-15-5-2-6-16-32)31-41(34-17-7-3-8-18-34)48-47(49)51-43-24-14-12-22-38(43)40-29-45-39(30-46(40)51)37-21-11-13-23-42(37)50(45)36-19-9-4-10-20-36/h2-31,47H,1H3. The Morgan fingerprint density at radius 1 is 0.431 bits per heavy atom. The lowest BCUT2D eigenvalue weighted by atomic mass is 10.00. The first-order valence-corrected chi connectivity index (χ1v) is 17.5. The molecule has 1 atom stereocenters. The van der Waals surface area contributed by atoms with Crippen molar-refractivity contribution < 1.29 is 0 Å². The average molecular weight is 655 g/mol. The molecule has 51 heavy (non-hydrogen) atoms. The topological polar surface area (TPSA) is 25.5 Å². The van der Waals surface area contributed by atoms with Gasteiger partial charge in [-0.2, -0.15) is 0 Å². The van der Waals surface area contributed by atoms with E-state index in [-0.39, 0.29) is 6.29 Å². The van der Waals surface area contributed by atoms with Crippen LogP contribution in [0.3, 0.4) is 0 Å². The molecule has 0 amide bonds. The summed E-state index contributed by atoms with van der Waals surface area (Å²) in [5.74, 6) is 0. The van der Waals surface area contributed by atoms with Gasteiger partial charge in [0.25, 0.3) is 0 Å². The minimum absolute atomic E-state index is 0.323. The van der Waals surface area contributed by atoms with Crippen LogP contribution in [0.5, 0.6) is 0 Å². The van der Waals surface area contributed by atoms with Gasteiger partial charge in [-0.3, -0.25) is 0 Å². The molecular formula is C47H34N4. The number of aliphatic imine (C=N–C) groups is 1. The van der Waals surface area contributed by atoms with Gasteiger partial charge in [-0.15, -0.1) is 0 Å². The molecule has 1 aliphatic rings. The molecule has 0 saturated carbocycles. The lowest BCUT2D eigenvalue weighted by Gasteiger charge is -2.35. The maximum absolute atomic E-state index is 5.54. The summed E-state index contributed by atoms with van der Waals surface area (Å²) in [5.41, 5.74) is 12.6. The first-order valence-electron chi connectivity index (χ1n) is 17.5. The van der Waals surface area contributed by atoms with Crippen molar-refractivity contribution in [3.63, 3.8) is 0 Å². The van der Waals surface area contributed by atoms with Crippen LogP contribution >= 0.6 is 0 Å². The van der Waals surface area contributed by atoms with Crippen LogP contribution in [0.25, 0.3) is 66.1 Å². The van der Waals surface area contributed by atoms with Crippen LogP contribution in [-0.2, 0) is 0 Å². The van der Waals surface area contributed by atoms with Gasteiger partial charge >= 0.3 is 0 Å². The molecule has 0 saturated heterocycles. The minimum atomic E-state index is -0.323. The summed E-state index contributed by atoms with van der Waals surface area (Å²) < 4.78 is 4.83. The highest BCUT2D eigenvalue weighted by molar-refractivity contribution is 6.19. The van der Waals surface area contributed by atoms with Crippen molar-refractivity contribution in [1.29, 1.82) is 0 Å². The Bertz CT molecular complexity index is 2790. The molecule has 1 aliphatic heterocycles. The third kappa shape index (κ3) is 4.72. The van der Waals surface area contributed by atoms with Gasteiger partial charge in [0.05, 0.1) is 27.8 Å². The number of allylic oxidation sites excluding steroid dienone is 1. The number of hydrogen-bond donors (Lipinski definition) is 0. The van der Waals surface area contributed by atoms with Gasteiger partial charge in [-0.05, 0) is 64.7 Å². The molecule has 0 spiro atoms. The normalized spacial score (nSPS) is 14.8. The zero-order valence-electron chi connectivity index (χ0n) is 28.2. The van der Waals surface area contributed by atoms with Gasteiger partial charge < -0.3 is 14.0 Å². The quantitative estimate of drug-likeness (QED) is 0.181. The summed E-state index contributed by atoms with van der Waals surface area (Å²) in [6, 6.07) is 63.0. The highest BCUT2D eigenvalue weighted by Gasteiger charge is 2.29. The van der Waals surface area contributed by atoms with Crippen LogP contribution < -0.4 is 0 Å². The van der Waals surface area contributed by atoms with E-state index in [1.54, 1.807) is 0 Å². The van der Waals surface area contributed by atoms with Crippen LogP contribution in [0.1, 0.15) is 17.4 Å². The molecule has 242 valence electrons. The molecule has 4 heteroatoms. The predicted octanol–water partition coefficient (Wildman–Crippen LogP) is 11.5. The van der Waals surface area contributed by atoms with Crippen molar-refractivity contribution in [1.82, 2.24) is 14.0 Å². The number of rotatable bonds is 5. The Balaban J connectivity index is 1.21. The van der Waals surface area contributed by atoms with Gasteiger partial charge in [-0.1, -0.05) is 140 Å². The summed E-state index contributed by atoms with van der Waals surface area (Å²) in [4.78, 5) is 7.86. The Hall–Kier alpha value is -6.65. The fourth-order valence-electron chi connectivity index (χ4n) is 7.92. The number of nitrogens with zero attached hydrogens (tertiary/aromatic N) is 4. The van der Waals surface area contributed by atoms with Gasteiger partial charge in [0, 0.05) is 40.0 Å². The van der Waals surface area contributed by atoms with E-state index in [2.05, 4.69) is 203 Å². The highest BCUT2D eigenvalue weighted by atomic mass is 15.4. The van der Waals surface area contributed by atoms with Crippen LogP contribution in [0.4, 0.5) is 0 Å². The van der Waals surface area contributed by atoms with E-state index in [1.807, 2.05) is 0 Å². The second kappa shape index (κ2) is 11.7. The number of aromatic nitrogens is 2. The molecule has 0 fully saturated rings. The number of para-hydroxylation sites is 3. The van der Waals surface area contributed by atoms with E-state index in [4.69, 9.17) is 4.99 Å². The van der Waals surface area contributed by atoms with Crippen LogP contribution in [0.2, 0.25) is 0 Å². The lowest BCUT2D eigenvalue weighted by Crippen LogP contribution is -2.31. The molecular weight excluding hydrogens is 621 g/mol. The van der Waals surface area contributed by atoms with E-state index < -0.39 is 0 Å². The molecule has 1 unspecified atom stereocenters. The zero-order chi connectivity index (χ0) is 33.9. The second-order valence-corrected chi connectivity index (χ2v) is 13.3. The third-order valence-electron chi connectivity index (χ3n) is 10.4. The second-order valence-electron chi connectivity index (χ2n) is 13.3. The fraction of sp³-hybridized carbons (Fsp3) is 0.0426. The lowest BCUT2D eigenvalue weighted by molar-refractivity contribution is 0.282. The largest absolute Gasteiger partial charge is 0.335 e. The summed E-state index contributed by atoms with van der Waals surface area (Å²) in [7, 11) is 2.17. The summed E-state index contributed by atoms with van der Waals surface area (Å²) >= 11 is 0. The van der Waals surface area contributed by atoms with Crippen molar-refractivity contribution >= 4 is 55.0 Å². The van der Waals surface area contributed by atoms with Gasteiger partial charge in [-0.25, -0.2) is 4.99 Å². The zero-order valence-corrected chi connectivity index (χ0v) is 28.2. The third-order valence-corrected chi connectivity index (χ3v) is 10.4. The highest BCUT2D eigenvalue weighted by Crippen LogP contribution is 2.42. The molecule has 3 heterocycles. The number of fused-ring (bicyclic) bond motifs is 6. The molecule has 0 bridgehead atoms. The summed E-state index contributed by atoms with van der Waals surface area (Å²) in [6.45, 7) is 0. The fourth-order valence-corrected chi connectivity index (χ4v) is 7.92. The van der Waals surface area contributed by atoms with E-state index in [0.717, 1.165) is 39.3 Å². The van der Waals surface area contributed by atoms with Crippen LogP contribution in [-0.4, -0.2) is 26.8 Å². The van der Waals surface area contributed by atoms with Crippen molar-refractivity contribution in [3.05, 3.63) is 193 Å². The van der Waals surface area contributed by atoms with E-state index in [0.29, 0.717) is 0 Å². The van der Waals surface area contributed by atoms with Crippen molar-refractivity contribution in [2.24, 2.45) is 4.99 Å². The van der Waals surface area contributed by atoms with E-state index in [1.165, 1.54) is 43.7 Å². The summed E-state index contributed by atoms with van der Waals surface area (Å²) in [5, 5.41) is 4.89. The monoisotopic (exact) mass is 654 g/mol. The molecule has 2 aromatic heterocycles. The van der Waals surface area contributed by atoms with E-state index in [9.17, 15) is 0 Å². The first-order chi connectivity index (χ1) is 25.2. The SMILES string of the molecule is CN1C(c2ccc(-c3ccccc3)cc2)=CC(c2ccccc2)=NC1n1c2ccccc2c2cc3c(cc21)c1ccccc1n3-c1ccccc1. The Labute approximate surface area is 296 Å². The van der Waals surface area contributed by atoms with Crippen molar-refractivity contribution in [2.75, 3.05) is 7.05 Å². The van der Waals surface area contributed by atoms with Crippen molar-refractivity contribution in [2.45, 2.75) is 6.29 Å². The number of benzene rings is 7. The van der Waals surface area contributed by atoms with Gasteiger partial charge in [0.2, 0.25) is 6.29 Å². The number of hydrogen-bond acceptors (Lipinski definition) is 2. The molecule has 7 aromatic carbocycles.